The zero-order valence-corrected chi connectivity index (χ0v) is 8.52. The van der Waals surface area contributed by atoms with E-state index in [2.05, 4.69) is 5.32 Å². The highest BCUT2D eigenvalue weighted by atomic mass is 16.4. The van der Waals surface area contributed by atoms with E-state index in [-0.39, 0.29) is 0 Å². The second kappa shape index (κ2) is 6.16. The second-order valence-electron chi connectivity index (χ2n) is 3.28. The molecule has 4 N–H and O–H groups in total. The predicted molar refractivity (Wildman–Crippen MR) is 58.5 cm³/mol. The minimum absolute atomic E-state index is 0.564. The maximum atomic E-state index is 11.0. The van der Waals surface area contributed by atoms with Crippen LogP contribution >= 0.6 is 0 Å². The fraction of sp³-hybridized carbons (Fsp3) is 0.364. The van der Waals surface area contributed by atoms with Crippen molar-refractivity contribution in [1.29, 1.82) is 0 Å². The molecule has 0 aliphatic rings. The molecule has 0 spiro atoms. The minimum Gasteiger partial charge on any atom is -0.480 e. The molecule has 4 heteroatoms. The molecular weight excluding hydrogens is 192 g/mol. The zero-order valence-electron chi connectivity index (χ0n) is 8.52. The van der Waals surface area contributed by atoms with Crippen LogP contribution < -0.4 is 11.1 Å². The van der Waals surface area contributed by atoms with Crippen molar-refractivity contribution < 1.29 is 9.90 Å². The highest BCUT2D eigenvalue weighted by molar-refractivity contribution is 5.75. The average molecular weight is 208 g/mol. The molecule has 0 aliphatic heterocycles. The van der Waals surface area contributed by atoms with E-state index < -0.39 is 12.0 Å². The number of aliphatic carboxylic acids is 1. The van der Waals surface area contributed by atoms with Crippen LogP contribution in [0.25, 0.3) is 0 Å². The first-order chi connectivity index (χ1) is 7.25. The molecule has 0 aliphatic carbocycles. The maximum absolute atomic E-state index is 11.0. The van der Waals surface area contributed by atoms with Crippen molar-refractivity contribution in [2.75, 3.05) is 13.1 Å². The SMILES string of the molecule is NCCCNC(C(=O)O)c1ccccc1. The molecule has 0 amide bonds. The highest BCUT2D eigenvalue weighted by Gasteiger charge is 2.17. The Balaban J connectivity index is 2.62. The van der Waals surface area contributed by atoms with Crippen LogP contribution in [0.5, 0.6) is 0 Å². The second-order valence-corrected chi connectivity index (χ2v) is 3.28. The van der Waals surface area contributed by atoms with Crippen LogP contribution in [0, 0.1) is 0 Å². The number of hydrogen-bond acceptors (Lipinski definition) is 3. The van der Waals surface area contributed by atoms with Crippen molar-refractivity contribution in [1.82, 2.24) is 5.32 Å². The van der Waals surface area contributed by atoms with Crippen LogP contribution in [0.2, 0.25) is 0 Å². The molecule has 0 fully saturated rings. The van der Waals surface area contributed by atoms with Gasteiger partial charge in [0.2, 0.25) is 0 Å². The minimum atomic E-state index is -0.863. The van der Waals surface area contributed by atoms with Crippen molar-refractivity contribution in [3.05, 3.63) is 35.9 Å². The summed E-state index contributed by atoms with van der Waals surface area (Å²) in [5.41, 5.74) is 6.11. The van der Waals surface area contributed by atoms with E-state index in [1.807, 2.05) is 18.2 Å². The van der Waals surface area contributed by atoms with E-state index in [1.54, 1.807) is 12.1 Å². The summed E-state index contributed by atoms with van der Waals surface area (Å²) in [5.74, 6) is -0.863. The number of hydrogen-bond donors (Lipinski definition) is 3. The molecule has 0 saturated heterocycles. The number of nitrogens with two attached hydrogens (primary N) is 1. The lowest BCUT2D eigenvalue weighted by atomic mass is 10.1. The third-order valence-corrected chi connectivity index (χ3v) is 2.11. The van der Waals surface area contributed by atoms with Crippen molar-refractivity contribution >= 4 is 5.97 Å². The highest BCUT2D eigenvalue weighted by Crippen LogP contribution is 2.12. The van der Waals surface area contributed by atoms with Gasteiger partial charge in [0.05, 0.1) is 0 Å². The molecule has 0 radical (unpaired) electrons. The third-order valence-electron chi connectivity index (χ3n) is 2.11. The molecule has 0 bridgehead atoms. The average Bonchev–Trinajstić information content (AvgIpc) is 2.25. The first-order valence-corrected chi connectivity index (χ1v) is 4.97. The Morgan fingerprint density at radius 1 is 1.40 bits per heavy atom. The van der Waals surface area contributed by atoms with Crippen molar-refractivity contribution in [2.45, 2.75) is 12.5 Å². The number of carboxylic acids is 1. The molecule has 15 heavy (non-hydrogen) atoms. The summed E-state index contributed by atoms with van der Waals surface area (Å²) >= 11 is 0. The summed E-state index contributed by atoms with van der Waals surface area (Å²) in [4.78, 5) is 11.0. The van der Waals surface area contributed by atoms with Crippen molar-refractivity contribution in [2.24, 2.45) is 5.73 Å². The van der Waals surface area contributed by atoms with Gasteiger partial charge in [-0.1, -0.05) is 30.3 Å². The molecule has 1 rings (SSSR count). The summed E-state index contributed by atoms with van der Waals surface area (Å²) in [6, 6.07) is 8.48. The van der Waals surface area contributed by atoms with E-state index in [1.165, 1.54) is 0 Å². The van der Waals surface area contributed by atoms with Crippen LogP contribution in [0.15, 0.2) is 30.3 Å². The number of carboxylic acid groups (broad SMARTS) is 1. The topological polar surface area (TPSA) is 75.3 Å². The smallest absolute Gasteiger partial charge is 0.325 e. The summed E-state index contributed by atoms with van der Waals surface area (Å²) in [6.45, 7) is 1.18. The Morgan fingerprint density at radius 2 is 2.07 bits per heavy atom. The number of carbonyl (C=O) groups is 1. The molecule has 0 aromatic heterocycles. The largest absolute Gasteiger partial charge is 0.480 e. The lowest BCUT2D eigenvalue weighted by Gasteiger charge is -2.14. The molecule has 0 heterocycles. The van der Waals surface area contributed by atoms with Crippen LogP contribution in [0.1, 0.15) is 18.0 Å². The van der Waals surface area contributed by atoms with Gasteiger partial charge in [-0.05, 0) is 25.1 Å². The molecule has 1 atom stereocenters. The van der Waals surface area contributed by atoms with Crippen LogP contribution in [0.4, 0.5) is 0 Å². The molecule has 1 aromatic rings. The lowest BCUT2D eigenvalue weighted by Crippen LogP contribution is -2.30. The fourth-order valence-electron chi connectivity index (χ4n) is 1.34. The van der Waals surface area contributed by atoms with Gasteiger partial charge in [-0.15, -0.1) is 0 Å². The Kier molecular flexibility index (Phi) is 4.80. The van der Waals surface area contributed by atoms with Crippen molar-refractivity contribution in [3.8, 4) is 0 Å². The van der Waals surface area contributed by atoms with Gasteiger partial charge in [0.1, 0.15) is 6.04 Å². The summed E-state index contributed by atoms with van der Waals surface area (Å²) in [6.07, 6.45) is 0.774. The summed E-state index contributed by atoms with van der Waals surface area (Å²) in [5, 5.41) is 12.0. The van der Waals surface area contributed by atoms with E-state index in [9.17, 15) is 4.79 Å². The standard InChI is InChI=1S/C11H16N2O2/c12-7-4-8-13-10(11(14)15)9-5-2-1-3-6-9/h1-3,5-6,10,13H,4,7-8,12H2,(H,14,15). The molecule has 0 saturated carbocycles. The Bertz CT molecular complexity index is 301. The van der Waals surface area contributed by atoms with Gasteiger partial charge in [0.15, 0.2) is 0 Å². The van der Waals surface area contributed by atoms with E-state index in [4.69, 9.17) is 10.8 Å². The van der Waals surface area contributed by atoms with Gasteiger partial charge in [-0.3, -0.25) is 4.79 Å². The quantitative estimate of drug-likeness (QED) is 0.603. The maximum Gasteiger partial charge on any atom is 0.325 e. The Morgan fingerprint density at radius 3 is 2.60 bits per heavy atom. The number of nitrogens with one attached hydrogen (secondary N) is 1. The van der Waals surface area contributed by atoms with E-state index in [0.29, 0.717) is 13.1 Å². The summed E-state index contributed by atoms with van der Waals surface area (Å²) in [7, 11) is 0. The molecule has 1 unspecified atom stereocenters. The van der Waals surface area contributed by atoms with Crippen LogP contribution in [0.3, 0.4) is 0 Å². The van der Waals surface area contributed by atoms with Gasteiger partial charge < -0.3 is 16.2 Å². The number of rotatable bonds is 6. The van der Waals surface area contributed by atoms with Crippen LogP contribution in [-0.2, 0) is 4.79 Å². The predicted octanol–water partition coefficient (Wildman–Crippen LogP) is 0.751. The molecule has 82 valence electrons. The van der Waals surface area contributed by atoms with Crippen molar-refractivity contribution in [3.63, 3.8) is 0 Å². The first-order valence-electron chi connectivity index (χ1n) is 4.97. The normalized spacial score (nSPS) is 12.3. The third kappa shape index (κ3) is 3.69. The monoisotopic (exact) mass is 208 g/mol. The van der Waals surface area contributed by atoms with Gasteiger partial charge in [-0.2, -0.15) is 0 Å². The zero-order chi connectivity index (χ0) is 11.1. The Labute approximate surface area is 89.1 Å². The van der Waals surface area contributed by atoms with E-state index in [0.717, 1.165) is 12.0 Å². The van der Waals surface area contributed by atoms with Gasteiger partial charge in [-0.25, -0.2) is 0 Å². The van der Waals surface area contributed by atoms with Gasteiger partial charge in [0.25, 0.3) is 0 Å². The molecule has 4 nitrogen and oxygen atoms in total. The Hall–Kier alpha value is -1.39. The number of benzene rings is 1. The van der Waals surface area contributed by atoms with Gasteiger partial charge >= 0.3 is 5.97 Å². The van der Waals surface area contributed by atoms with Crippen LogP contribution in [-0.4, -0.2) is 24.2 Å². The molecule has 1 aromatic carbocycles. The lowest BCUT2D eigenvalue weighted by molar-refractivity contribution is -0.139. The van der Waals surface area contributed by atoms with E-state index >= 15 is 0 Å². The molecular formula is C11H16N2O2. The van der Waals surface area contributed by atoms with Gasteiger partial charge in [0, 0.05) is 0 Å². The first kappa shape index (κ1) is 11.7. The summed E-state index contributed by atoms with van der Waals surface area (Å²) < 4.78 is 0. The fourth-order valence-corrected chi connectivity index (χ4v) is 1.34.